The van der Waals surface area contributed by atoms with E-state index in [0.717, 1.165) is 23.5 Å². The Hall–Kier alpha value is -2.04. The second-order valence-corrected chi connectivity index (χ2v) is 8.66. The number of halogens is 4. The topological polar surface area (TPSA) is 9.23 Å². The Morgan fingerprint density at radius 1 is 0.828 bits per heavy atom. The molecule has 1 nitrogen and oxygen atoms in total. The second kappa shape index (κ2) is 8.00. The van der Waals surface area contributed by atoms with Crippen LogP contribution in [0.25, 0.3) is 0 Å². The summed E-state index contributed by atoms with van der Waals surface area (Å²) >= 11 is 0. The van der Waals surface area contributed by atoms with Gasteiger partial charge in [-0.2, -0.15) is 0 Å². The number of aryl methyl sites for hydroxylation is 1. The van der Waals surface area contributed by atoms with Crippen LogP contribution < -0.4 is 4.74 Å². The Labute approximate surface area is 169 Å². The zero-order chi connectivity index (χ0) is 20.6. The smallest absolute Gasteiger partial charge is 0.403 e. The highest BCUT2D eigenvalue weighted by molar-refractivity contribution is 5.41. The lowest BCUT2D eigenvalue weighted by molar-refractivity contribution is -0.275. The van der Waals surface area contributed by atoms with Gasteiger partial charge in [0.05, 0.1) is 0 Å². The molecule has 2 aromatic rings. The maximum absolute atomic E-state index is 14.1. The van der Waals surface area contributed by atoms with E-state index in [-0.39, 0.29) is 5.92 Å². The average Bonchev–Trinajstić information content (AvgIpc) is 2.68. The third-order valence-electron chi connectivity index (χ3n) is 6.60. The maximum Gasteiger partial charge on any atom is 0.573 e. The Morgan fingerprint density at radius 3 is 2.07 bits per heavy atom. The van der Waals surface area contributed by atoms with E-state index in [4.69, 9.17) is 0 Å². The van der Waals surface area contributed by atoms with Crippen LogP contribution in [0, 0.1) is 11.7 Å². The molecule has 156 valence electrons. The number of hydrogen-bond acceptors (Lipinski definition) is 1. The monoisotopic (exact) mass is 406 g/mol. The van der Waals surface area contributed by atoms with Crippen LogP contribution in [0.1, 0.15) is 73.1 Å². The molecule has 0 aromatic heterocycles. The molecule has 29 heavy (non-hydrogen) atoms. The molecule has 2 aliphatic carbocycles. The molecule has 0 N–H and O–H groups in total. The van der Waals surface area contributed by atoms with Gasteiger partial charge in [-0.3, -0.25) is 0 Å². The molecule has 0 radical (unpaired) electrons. The van der Waals surface area contributed by atoms with Crippen LogP contribution in [-0.2, 0) is 12.8 Å². The Morgan fingerprint density at radius 2 is 1.45 bits per heavy atom. The zero-order valence-electron chi connectivity index (χ0n) is 16.6. The van der Waals surface area contributed by atoms with E-state index in [9.17, 15) is 17.6 Å². The first-order chi connectivity index (χ1) is 13.8. The molecule has 2 aromatic carbocycles. The van der Waals surface area contributed by atoms with E-state index in [1.54, 1.807) is 0 Å². The van der Waals surface area contributed by atoms with E-state index >= 15 is 0 Å². The van der Waals surface area contributed by atoms with Gasteiger partial charge in [-0.25, -0.2) is 4.39 Å². The molecule has 2 aliphatic rings. The first-order valence-corrected chi connectivity index (χ1v) is 10.5. The van der Waals surface area contributed by atoms with Crippen LogP contribution >= 0.6 is 0 Å². The van der Waals surface area contributed by atoms with Crippen LogP contribution in [0.5, 0.6) is 5.75 Å². The highest BCUT2D eigenvalue weighted by Gasteiger charge is 2.33. The van der Waals surface area contributed by atoms with Crippen molar-refractivity contribution in [2.45, 2.75) is 70.1 Å². The van der Waals surface area contributed by atoms with Gasteiger partial charge in [-0.05, 0) is 84.2 Å². The fourth-order valence-corrected chi connectivity index (χ4v) is 4.88. The number of benzene rings is 2. The van der Waals surface area contributed by atoms with Gasteiger partial charge in [0.25, 0.3) is 0 Å². The van der Waals surface area contributed by atoms with Crippen molar-refractivity contribution in [3.05, 3.63) is 64.5 Å². The minimum absolute atomic E-state index is 0.261. The van der Waals surface area contributed by atoms with E-state index < -0.39 is 17.9 Å². The Balaban J connectivity index is 1.46. The molecular formula is C24H26F4O. The van der Waals surface area contributed by atoms with Gasteiger partial charge in [0.15, 0.2) is 11.6 Å². The summed E-state index contributed by atoms with van der Waals surface area (Å²) in [6.45, 7) is 2.32. The Kier molecular flexibility index (Phi) is 5.58. The van der Waals surface area contributed by atoms with Gasteiger partial charge in [0, 0.05) is 0 Å². The van der Waals surface area contributed by atoms with E-state index in [0.29, 0.717) is 18.8 Å². The van der Waals surface area contributed by atoms with Crippen molar-refractivity contribution < 1.29 is 22.3 Å². The molecule has 0 saturated heterocycles. The van der Waals surface area contributed by atoms with Gasteiger partial charge in [0.2, 0.25) is 0 Å². The average molecular weight is 406 g/mol. The normalized spacial score (nSPS) is 24.8. The fraction of sp³-hybridized carbons (Fsp3) is 0.500. The van der Waals surface area contributed by atoms with E-state index in [1.807, 2.05) is 0 Å². The molecule has 4 rings (SSSR count). The van der Waals surface area contributed by atoms with Crippen molar-refractivity contribution in [1.29, 1.82) is 0 Å². The van der Waals surface area contributed by atoms with Gasteiger partial charge in [-0.1, -0.05) is 44.0 Å². The second-order valence-electron chi connectivity index (χ2n) is 8.66. The van der Waals surface area contributed by atoms with Crippen LogP contribution in [0.2, 0.25) is 0 Å². The van der Waals surface area contributed by atoms with Crippen LogP contribution in [0.15, 0.2) is 36.4 Å². The third kappa shape index (κ3) is 4.76. The quantitative estimate of drug-likeness (QED) is 0.486. The number of alkyl halides is 3. The van der Waals surface area contributed by atoms with Crippen molar-refractivity contribution in [1.82, 2.24) is 0 Å². The van der Waals surface area contributed by atoms with Crippen LogP contribution in [0.4, 0.5) is 17.6 Å². The molecule has 0 heterocycles. The summed E-state index contributed by atoms with van der Waals surface area (Å²) in [5.74, 6) is 0.0462. The fourth-order valence-electron chi connectivity index (χ4n) is 4.88. The lowest BCUT2D eigenvalue weighted by Crippen LogP contribution is -2.19. The zero-order valence-corrected chi connectivity index (χ0v) is 16.6. The van der Waals surface area contributed by atoms with Gasteiger partial charge in [-0.15, -0.1) is 13.2 Å². The predicted octanol–water partition coefficient (Wildman–Crippen LogP) is 7.29. The van der Waals surface area contributed by atoms with Gasteiger partial charge >= 0.3 is 6.36 Å². The lowest BCUT2D eigenvalue weighted by atomic mass is 9.77. The maximum atomic E-state index is 14.1. The first kappa shape index (κ1) is 20.2. The first-order valence-electron chi connectivity index (χ1n) is 10.5. The number of ether oxygens (including phenoxy) is 1. The minimum Gasteiger partial charge on any atom is -0.403 e. The van der Waals surface area contributed by atoms with Crippen LogP contribution in [-0.4, -0.2) is 6.36 Å². The molecule has 0 amide bonds. The highest BCUT2D eigenvalue weighted by atomic mass is 19.4. The van der Waals surface area contributed by atoms with Gasteiger partial charge in [0.1, 0.15) is 0 Å². The van der Waals surface area contributed by atoms with Crippen molar-refractivity contribution in [3.63, 3.8) is 0 Å². The molecule has 1 atom stereocenters. The molecule has 0 bridgehead atoms. The summed E-state index contributed by atoms with van der Waals surface area (Å²) < 4.78 is 55.2. The minimum atomic E-state index is -4.88. The molecule has 1 unspecified atom stereocenters. The van der Waals surface area contributed by atoms with Crippen molar-refractivity contribution in [3.8, 4) is 5.75 Å². The summed E-state index contributed by atoms with van der Waals surface area (Å²) in [5, 5.41) is 0. The third-order valence-corrected chi connectivity index (χ3v) is 6.60. The van der Waals surface area contributed by atoms with Gasteiger partial charge < -0.3 is 4.74 Å². The van der Waals surface area contributed by atoms with Crippen molar-refractivity contribution in [2.24, 2.45) is 5.92 Å². The summed E-state index contributed by atoms with van der Waals surface area (Å²) in [6.07, 6.45) is 2.29. The molecule has 1 fully saturated rings. The summed E-state index contributed by atoms with van der Waals surface area (Å²) in [6, 6.07) is 11.2. The predicted molar refractivity (Wildman–Crippen MR) is 105 cm³/mol. The number of hydrogen-bond donors (Lipinski definition) is 0. The highest BCUT2D eigenvalue weighted by Crippen LogP contribution is 2.39. The largest absolute Gasteiger partial charge is 0.573 e. The van der Waals surface area contributed by atoms with Crippen LogP contribution in [0.3, 0.4) is 0 Å². The standard InChI is InChI=1S/C24H26F4O/c1-15-2-4-16(5-3-15)17-6-8-18(9-7-17)19-10-11-20-14-23(29-24(26,27)28)22(25)13-21(20)12-19/h6-9,13-16,19H,2-5,10-12H2,1H3. The Bertz CT molecular complexity index is 848. The summed E-state index contributed by atoms with van der Waals surface area (Å²) in [4.78, 5) is 0. The SMILES string of the molecule is CC1CCC(c2ccc(C3CCc4cc(OC(F)(F)F)c(F)cc4C3)cc2)CC1. The summed E-state index contributed by atoms with van der Waals surface area (Å²) in [5.41, 5.74) is 4.14. The molecule has 1 saturated carbocycles. The van der Waals surface area contributed by atoms with Crippen molar-refractivity contribution >= 4 is 0 Å². The van der Waals surface area contributed by atoms with E-state index in [2.05, 4.69) is 35.9 Å². The van der Waals surface area contributed by atoms with Crippen molar-refractivity contribution in [2.75, 3.05) is 0 Å². The molecule has 5 heteroatoms. The number of rotatable bonds is 3. The molecule has 0 spiro atoms. The number of fused-ring (bicyclic) bond motifs is 1. The summed E-state index contributed by atoms with van der Waals surface area (Å²) in [7, 11) is 0. The molecular weight excluding hydrogens is 380 g/mol. The molecule has 0 aliphatic heterocycles. The lowest BCUT2D eigenvalue weighted by Gasteiger charge is -2.28. The van der Waals surface area contributed by atoms with E-state index in [1.165, 1.54) is 48.9 Å².